The predicted molar refractivity (Wildman–Crippen MR) is 85.0 cm³/mol. The highest BCUT2D eigenvalue weighted by Crippen LogP contribution is 2.18. The van der Waals surface area contributed by atoms with Crippen LogP contribution in [0.3, 0.4) is 0 Å². The molecule has 0 unspecified atom stereocenters. The maximum absolute atomic E-state index is 5.75. The summed E-state index contributed by atoms with van der Waals surface area (Å²) in [6, 6.07) is 18.7. The topological polar surface area (TPSA) is 30.7 Å². The van der Waals surface area contributed by atoms with Gasteiger partial charge >= 0.3 is 0 Å². The molecule has 4 heteroatoms. The first-order valence-corrected chi connectivity index (χ1v) is 7.49. The van der Waals surface area contributed by atoms with E-state index in [1.807, 2.05) is 23.0 Å². The van der Waals surface area contributed by atoms with E-state index in [2.05, 4.69) is 52.8 Å². The van der Waals surface area contributed by atoms with E-state index in [-0.39, 0.29) is 0 Å². The lowest BCUT2D eigenvalue weighted by atomic mass is 10.0. The quantitative estimate of drug-likeness (QED) is 0.673. The fourth-order valence-corrected chi connectivity index (χ4v) is 2.52. The van der Waals surface area contributed by atoms with E-state index in [1.54, 1.807) is 0 Å². The van der Waals surface area contributed by atoms with Gasteiger partial charge in [-0.15, -0.1) is 16.7 Å². The maximum atomic E-state index is 5.75. The van der Waals surface area contributed by atoms with Gasteiger partial charge in [0, 0.05) is 12.3 Å². The summed E-state index contributed by atoms with van der Waals surface area (Å²) in [5, 5.41) is 8.37. The lowest BCUT2D eigenvalue weighted by molar-refractivity contribution is 0.790. The molecule has 3 rings (SSSR count). The fraction of sp³-hybridized carbons (Fsp3) is 0.176. The minimum absolute atomic E-state index is 0.560. The first-order valence-electron chi connectivity index (χ1n) is 6.96. The highest BCUT2D eigenvalue weighted by Gasteiger charge is 2.07. The second kappa shape index (κ2) is 6.55. The number of alkyl halides is 1. The summed E-state index contributed by atoms with van der Waals surface area (Å²) in [6.07, 6.45) is 3.57. The van der Waals surface area contributed by atoms with Gasteiger partial charge in [-0.2, -0.15) is 0 Å². The molecule has 3 aromatic rings. The molecule has 0 fully saturated rings. The number of hydrogen-bond acceptors (Lipinski definition) is 2. The Balaban J connectivity index is 1.91. The lowest BCUT2D eigenvalue weighted by Gasteiger charge is -2.08. The molecule has 0 bridgehead atoms. The van der Waals surface area contributed by atoms with Crippen LogP contribution in [0.2, 0.25) is 0 Å². The smallest absolute Gasteiger partial charge is 0.0843 e. The van der Waals surface area contributed by atoms with Crippen LogP contribution in [0.15, 0.2) is 60.8 Å². The van der Waals surface area contributed by atoms with Crippen molar-refractivity contribution in [3.05, 3.63) is 77.6 Å². The zero-order valence-electron chi connectivity index (χ0n) is 11.6. The number of nitrogens with zero attached hydrogens (tertiary/aromatic N) is 3. The van der Waals surface area contributed by atoms with Crippen LogP contribution in [0.5, 0.6) is 0 Å². The van der Waals surface area contributed by atoms with Crippen molar-refractivity contribution in [2.45, 2.75) is 12.8 Å². The molecule has 0 aliphatic carbocycles. The second-order valence-corrected chi connectivity index (χ2v) is 5.26. The fourth-order valence-electron chi connectivity index (χ4n) is 2.33. The third kappa shape index (κ3) is 3.31. The Morgan fingerprint density at radius 2 is 1.71 bits per heavy atom. The monoisotopic (exact) mass is 297 g/mol. The lowest BCUT2D eigenvalue weighted by Crippen LogP contribution is -2.01. The number of halogens is 1. The standard InChI is InChI=1S/C17H16ClN3/c18-11-10-16-13-21(20-19-16)17-9-5-4-8-15(17)12-14-6-2-1-3-7-14/h1-9,13H,10-12H2. The summed E-state index contributed by atoms with van der Waals surface area (Å²) in [6.45, 7) is 0. The largest absolute Gasteiger partial charge is 0.220 e. The summed E-state index contributed by atoms with van der Waals surface area (Å²) in [5.41, 5.74) is 4.49. The van der Waals surface area contributed by atoms with Crippen LogP contribution < -0.4 is 0 Å². The summed E-state index contributed by atoms with van der Waals surface area (Å²) in [5.74, 6) is 0.560. The molecular formula is C17H16ClN3. The molecule has 106 valence electrons. The van der Waals surface area contributed by atoms with Crippen LogP contribution in [0.1, 0.15) is 16.8 Å². The van der Waals surface area contributed by atoms with Crippen molar-refractivity contribution in [2.24, 2.45) is 0 Å². The van der Waals surface area contributed by atoms with Gasteiger partial charge in [0.1, 0.15) is 0 Å². The van der Waals surface area contributed by atoms with Gasteiger partial charge in [0.15, 0.2) is 0 Å². The van der Waals surface area contributed by atoms with Gasteiger partial charge < -0.3 is 0 Å². The van der Waals surface area contributed by atoms with E-state index in [9.17, 15) is 0 Å². The number of para-hydroxylation sites is 1. The van der Waals surface area contributed by atoms with Crippen molar-refractivity contribution in [2.75, 3.05) is 5.88 Å². The van der Waals surface area contributed by atoms with E-state index in [4.69, 9.17) is 11.6 Å². The molecule has 0 atom stereocenters. The molecular weight excluding hydrogens is 282 g/mol. The zero-order chi connectivity index (χ0) is 14.5. The third-order valence-corrected chi connectivity index (χ3v) is 3.56. The minimum Gasteiger partial charge on any atom is -0.220 e. The van der Waals surface area contributed by atoms with E-state index < -0.39 is 0 Å². The van der Waals surface area contributed by atoms with Crippen molar-refractivity contribution >= 4 is 11.6 Å². The second-order valence-electron chi connectivity index (χ2n) is 4.88. The zero-order valence-corrected chi connectivity index (χ0v) is 12.4. The average molecular weight is 298 g/mol. The van der Waals surface area contributed by atoms with Gasteiger partial charge in [0.25, 0.3) is 0 Å². The number of aryl methyl sites for hydroxylation is 1. The third-order valence-electron chi connectivity index (χ3n) is 3.37. The minimum atomic E-state index is 0.560. The molecule has 1 aromatic heterocycles. The molecule has 0 aliphatic rings. The number of hydrogen-bond donors (Lipinski definition) is 0. The Kier molecular flexibility index (Phi) is 4.31. The van der Waals surface area contributed by atoms with Crippen LogP contribution in [-0.2, 0) is 12.8 Å². The molecule has 0 saturated heterocycles. The maximum Gasteiger partial charge on any atom is 0.0843 e. The van der Waals surface area contributed by atoms with Gasteiger partial charge in [-0.3, -0.25) is 0 Å². The Morgan fingerprint density at radius 1 is 0.952 bits per heavy atom. The number of benzene rings is 2. The summed E-state index contributed by atoms with van der Waals surface area (Å²) >= 11 is 5.75. The Hall–Kier alpha value is -2.13. The van der Waals surface area contributed by atoms with Gasteiger partial charge in [-0.25, -0.2) is 4.68 Å². The molecule has 0 aliphatic heterocycles. The molecule has 0 radical (unpaired) electrons. The van der Waals surface area contributed by atoms with Crippen molar-refractivity contribution < 1.29 is 0 Å². The van der Waals surface area contributed by atoms with Gasteiger partial charge in [0.05, 0.1) is 17.6 Å². The van der Waals surface area contributed by atoms with Crippen LogP contribution >= 0.6 is 11.6 Å². The average Bonchev–Trinajstić information content (AvgIpc) is 2.98. The normalized spacial score (nSPS) is 10.7. The van der Waals surface area contributed by atoms with Crippen molar-refractivity contribution in [1.29, 1.82) is 0 Å². The predicted octanol–water partition coefficient (Wildman–Crippen LogP) is 3.64. The highest BCUT2D eigenvalue weighted by molar-refractivity contribution is 6.17. The SMILES string of the molecule is ClCCc1cn(-c2ccccc2Cc2ccccc2)nn1. The summed E-state index contributed by atoms with van der Waals surface area (Å²) in [7, 11) is 0. The number of rotatable bonds is 5. The van der Waals surface area contributed by atoms with Gasteiger partial charge in [0.2, 0.25) is 0 Å². The van der Waals surface area contributed by atoms with E-state index in [1.165, 1.54) is 11.1 Å². The van der Waals surface area contributed by atoms with Crippen molar-refractivity contribution in [3.8, 4) is 5.69 Å². The van der Waals surface area contributed by atoms with Crippen LogP contribution in [0.25, 0.3) is 5.69 Å². The summed E-state index contributed by atoms with van der Waals surface area (Å²) < 4.78 is 1.83. The van der Waals surface area contributed by atoms with Gasteiger partial charge in [-0.1, -0.05) is 53.7 Å². The molecule has 0 amide bonds. The molecule has 0 saturated carbocycles. The van der Waals surface area contributed by atoms with Crippen LogP contribution in [0.4, 0.5) is 0 Å². The molecule has 0 spiro atoms. The van der Waals surface area contributed by atoms with Crippen LogP contribution in [0, 0.1) is 0 Å². The molecule has 3 nitrogen and oxygen atoms in total. The van der Waals surface area contributed by atoms with E-state index >= 15 is 0 Å². The van der Waals surface area contributed by atoms with Gasteiger partial charge in [-0.05, 0) is 23.6 Å². The molecule has 2 aromatic carbocycles. The highest BCUT2D eigenvalue weighted by atomic mass is 35.5. The van der Waals surface area contributed by atoms with Crippen molar-refractivity contribution in [3.63, 3.8) is 0 Å². The first kappa shape index (κ1) is 13.8. The first-order chi connectivity index (χ1) is 10.4. The molecule has 21 heavy (non-hydrogen) atoms. The van der Waals surface area contributed by atoms with Crippen molar-refractivity contribution in [1.82, 2.24) is 15.0 Å². The van der Waals surface area contributed by atoms with Crippen LogP contribution in [-0.4, -0.2) is 20.9 Å². The summed E-state index contributed by atoms with van der Waals surface area (Å²) in [4.78, 5) is 0. The molecule has 1 heterocycles. The van der Waals surface area contributed by atoms with E-state index in [0.29, 0.717) is 5.88 Å². The molecule has 0 N–H and O–H groups in total. The Morgan fingerprint density at radius 3 is 2.52 bits per heavy atom. The van der Waals surface area contributed by atoms with E-state index in [0.717, 1.165) is 24.2 Å². The Labute approximate surface area is 129 Å². The Bertz CT molecular complexity index is 707. The number of aromatic nitrogens is 3.